The zero-order valence-corrected chi connectivity index (χ0v) is 13.3. The predicted molar refractivity (Wildman–Crippen MR) is 86.2 cm³/mol. The van der Waals surface area contributed by atoms with E-state index >= 15 is 0 Å². The molecule has 1 aromatic carbocycles. The van der Waals surface area contributed by atoms with E-state index in [-0.39, 0.29) is 11.8 Å². The van der Waals surface area contributed by atoms with Crippen LogP contribution in [0.2, 0.25) is 0 Å². The molecule has 0 atom stereocenters. The standard InChI is InChI=1S/C17H24N2O3/c1-3-15(20)13-5-7-14(8-6-13)19-17(16(21)22-4-2)9-11-18-12-10-17/h5-8,18-19H,3-4,9-12H2,1-2H3. The summed E-state index contributed by atoms with van der Waals surface area (Å²) in [5.41, 5.74) is 0.850. The van der Waals surface area contributed by atoms with E-state index in [2.05, 4.69) is 10.6 Å². The van der Waals surface area contributed by atoms with Crippen molar-refractivity contribution in [3.05, 3.63) is 29.8 Å². The van der Waals surface area contributed by atoms with Crippen LogP contribution in [0.15, 0.2) is 24.3 Å². The average Bonchev–Trinajstić information content (AvgIpc) is 2.56. The van der Waals surface area contributed by atoms with Gasteiger partial charge in [-0.05, 0) is 57.1 Å². The van der Waals surface area contributed by atoms with Crippen molar-refractivity contribution in [1.29, 1.82) is 0 Å². The highest BCUT2D eigenvalue weighted by molar-refractivity contribution is 5.96. The molecule has 1 heterocycles. The number of esters is 1. The van der Waals surface area contributed by atoms with Crippen LogP contribution in [0.1, 0.15) is 43.5 Å². The summed E-state index contributed by atoms with van der Waals surface area (Å²) in [6.07, 6.45) is 1.86. The zero-order valence-electron chi connectivity index (χ0n) is 13.3. The first-order valence-corrected chi connectivity index (χ1v) is 7.90. The second-order valence-corrected chi connectivity index (χ2v) is 5.53. The number of carbonyl (C=O) groups is 2. The van der Waals surface area contributed by atoms with Gasteiger partial charge in [0, 0.05) is 17.7 Å². The van der Waals surface area contributed by atoms with E-state index in [4.69, 9.17) is 4.74 Å². The molecule has 0 spiro atoms. The van der Waals surface area contributed by atoms with Gasteiger partial charge >= 0.3 is 5.97 Å². The van der Waals surface area contributed by atoms with E-state index < -0.39 is 5.54 Å². The molecule has 0 aliphatic carbocycles. The van der Waals surface area contributed by atoms with E-state index in [0.717, 1.165) is 18.8 Å². The molecule has 5 nitrogen and oxygen atoms in total. The third-order valence-electron chi connectivity index (χ3n) is 4.03. The molecule has 5 heteroatoms. The van der Waals surface area contributed by atoms with Crippen molar-refractivity contribution in [2.24, 2.45) is 0 Å². The topological polar surface area (TPSA) is 67.4 Å². The van der Waals surface area contributed by atoms with Gasteiger partial charge in [-0.25, -0.2) is 4.79 Å². The lowest BCUT2D eigenvalue weighted by Gasteiger charge is -2.36. The van der Waals surface area contributed by atoms with Crippen LogP contribution in [0.3, 0.4) is 0 Å². The van der Waals surface area contributed by atoms with Crippen molar-refractivity contribution in [2.45, 2.75) is 38.6 Å². The fourth-order valence-corrected chi connectivity index (χ4v) is 2.72. The van der Waals surface area contributed by atoms with Gasteiger partial charge in [0.05, 0.1) is 6.61 Å². The first kappa shape index (κ1) is 16.5. The Morgan fingerprint density at radius 3 is 2.36 bits per heavy atom. The van der Waals surface area contributed by atoms with Gasteiger partial charge in [-0.1, -0.05) is 6.92 Å². The van der Waals surface area contributed by atoms with E-state index in [1.165, 1.54) is 0 Å². The van der Waals surface area contributed by atoms with Gasteiger partial charge in [-0.3, -0.25) is 4.79 Å². The molecule has 0 aromatic heterocycles. The third-order valence-corrected chi connectivity index (χ3v) is 4.03. The number of ketones is 1. The Morgan fingerprint density at radius 1 is 1.18 bits per heavy atom. The van der Waals surface area contributed by atoms with Crippen molar-refractivity contribution in [3.8, 4) is 0 Å². The maximum atomic E-state index is 12.4. The van der Waals surface area contributed by atoms with Gasteiger partial charge in [0.2, 0.25) is 0 Å². The highest BCUT2D eigenvalue weighted by Gasteiger charge is 2.40. The number of anilines is 1. The predicted octanol–water partition coefficient (Wildman–Crippen LogP) is 2.38. The van der Waals surface area contributed by atoms with Crippen LogP contribution in [0.25, 0.3) is 0 Å². The number of nitrogens with one attached hydrogen (secondary N) is 2. The number of carbonyl (C=O) groups excluding carboxylic acids is 2. The van der Waals surface area contributed by atoms with E-state index in [1.807, 2.05) is 26.0 Å². The second-order valence-electron chi connectivity index (χ2n) is 5.53. The Hall–Kier alpha value is -1.88. The minimum Gasteiger partial charge on any atom is -0.464 e. The second kappa shape index (κ2) is 7.40. The Balaban J connectivity index is 2.16. The maximum absolute atomic E-state index is 12.4. The van der Waals surface area contributed by atoms with Crippen molar-refractivity contribution in [3.63, 3.8) is 0 Å². The number of hydrogen-bond acceptors (Lipinski definition) is 5. The number of rotatable bonds is 6. The summed E-state index contributed by atoms with van der Waals surface area (Å²) in [6.45, 7) is 5.59. The van der Waals surface area contributed by atoms with Crippen molar-refractivity contribution >= 4 is 17.4 Å². The monoisotopic (exact) mass is 304 g/mol. The number of ether oxygens (including phenoxy) is 1. The largest absolute Gasteiger partial charge is 0.464 e. The van der Waals surface area contributed by atoms with Crippen molar-refractivity contribution in [1.82, 2.24) is 5.32 Å². The molecule has 2 rings (SSSR count). The molecule has 22 heavy (non-hydrogen) atoms. The first-order valence-electron chi connectivity index (χ1n) is 7.90. The summed E-state index contributed by atoms with van der Waals surface area (Å²) in [6, 6.07) is 7.31. The van der Waals surface area contributed by atoms with Crippen LogP contribution in [0.5, 0.6) is 0 Å². The Morgan fingerprint density at radius 2 is 1.82 bits per heavy atom. The molecule has 1 aromatic rings. The lowest BCUT2D eigenvalue weighted by atomic mass is 9.88. The van der Waals surface area contributed by atoms with Gasteiger partial charge in [-0.2, -0.15) is 0 Å². The summed E-state index contributed by atoms with van der Waals surface area (Å²) in [5, 5.41) is 6.60. The van der Waals surface area contributed by atoms with Gasteiger partial charge in [-0.15, -0.1) is 0 Å². The molecule has 0 unspecified atom stereocenters. The van der Waals surface area contributed by atoms with Gasteiger partial charge < -0.3 is 15.4 Å². The third kappa shape index (κ3) is 3.65. The summed E-state index contributed by atoms with van der Waals surface area (Å²) in [4.78, 5) is 24.0. The van der Waals surface area contributed by atoms with Gasteiger partial charge in [0.1, 0.15) is 5.54 Å². The summed E-state index contributed by atoms with van der Waals surface area (Å²) < 4.78 is 5.25. The quantitative estimate of drug-likeness (QED) is 0.624. The zero-order chi connectivity index (χ0) is 16.0. The van der Waals surface area contributed by atoms with E-state index in [0.29, 0.717) is 31.4 Å². The van der Waals surface area contributed by atoms with Crippen molar-refractivity contribution < 1.29 is 14.3 Å². The minimum atomic E-state index is -0.683. The molecule has 1 aliphatic rings. The maximum Gasteiger partial charge on any atom is 0.331 e. The van der Waals surface area contributed by atoms with Gasteiger partial charge in [0.25, 0.3) is 0 Å². The molecule has 0 saturated carbocycles. The van der Waals surface area contributed by atoms with Gasteiger partial charge in [0.15, 0.2) is 5.78 Å². The lowest BCUT2D eigenvalue weighted by molar-refractivity contribution is -0.149. The Bertz CT molecular complexity index is 519. The molecule has 0 bridgehead atoms. The fraction of sp³-hybridized carbons (Fsp3) is 0.529. The van der Waals surface area contributed by atoms with Crippen molar-refractivity contribution in [2.75, 3.05) is 25.0 Å². The van der Waals surface area contributed by atoms with Crippen LogP contribution >= 0.6 is 0 Å². The van der Waals surface area contributed by atoms with Crippen LogP contribution in [0.4, 0.5) is 5.69 Å². The molecule has 2 N–H and O–H groups in total. The van der Waals surface area contributed by atoms with Crippen LogP contribution in [-0.4, -0.2) is 37.0 Å². The highest BCUT2D eigenvalue weighted by atomic mass is 16.5. The molecule has 120 valence electrons. The summed E-state index contributed by atoms with van der Waals surface area (Å²) >= 11 is 0. The molecular formula is C17H24N2O3. The normalized spacial score (nSPS) is 16.8. The summed E-state index contributed by atoms with van der Waals surface area (Å²) in [5.74, 6) is -0.0845. The molecule has 0 radical (unpaired) electrons. The number of benzene rings is 1. The van der Waals surface area contributed by atoms with E-state index in [1.54, 1.807) is 12.1 Å². The minimum absolute atomic E-state index is 0.119. The number of hydrogen-bond donors (Lipinski definition) is 2. The molecule has 1 saturated heterocycles. The van der Waals surface area contributed by atoms with Crippen LogP contribution < -0.4 is 10.6 Å². The summed E-state index contributed by atoms with van der Waals surface area (Å²) in [7, 11) is 0. The van der Waals surface area contributed by atoms with E-state index in [9.17, 15) is 9.59 Å². The Labute approximate surface area is 131 Å². The molecule has 1 fully saturated rings. The Kier molecular flexibility index (Phi) is 5.55. The molecular weight excluding hydrogens is 280 g/mol. The smallest absolute Gasteiger partial charge is 0.331 e. The average molecular weight is 304 g/mol. The molecule has 0 amide bonds. The fourth-order valence-electron chi connectivity index (χ4n) is 2.72. The van der Waals surface area contributed by atoms with Crippen LogP contribution in [0, 0.1) is 0 Å². The first-order chi connectivity index (χ1) is 10.6. The number of Topliss-reactive ketones (excluding diaryl/α,β-unsaturated/α-hetero) is 1. The SMILES string of the molecule is CCOC(=O)C1(Nc2ccc(C(=O)CC)cc2)CCNCC1. The number of piperidine rings is 1. The lowest BCUT2D eigenvalue weighted by Crippen LogP contribution is -2.54. The molecule has 1 aliphatic heterocycles. The highest BCUT2D eigenvalue weighted by Crippen LogP contribution is 2.26. The van der Waals surface area contributed by atoms with Crippen LogP contribution in [-0.2, 0) is 9.53 Å².